The maximum Gasteiger partial charge on any atom is 0.264 e. The number of hydrogen-bond donors (Lipinski definition) is 1. The molecule has 130 valence electrons. The van der Waals surface area contributed by atoms with Crippen molar-refractivity contribution < 1.29 is 17.2 Å². The highest BCUT2D eigenvalue weighted by Gasteiger charge is 2.20. The van der Waals surface area contributed by atoms with Crippen LogP contribution >= 0.6 is 0 Å². The summed E-state index contributed by atoms with van der Waals surface area (Å²) in [5.41, 5.74) is 1.52. The van der Waals surface area contributed by atoms with Gasteiger partial charge >= 0.3 is 0 Å². The van der Waals surface area contributed by atoms with Crippen molar-refractivity contribution in [2.45, 2.75) is 18.7 Å². The molecule has 1 heterocycles. The van der Waals surface area contributed by atoms with Gasteiger partial charge in [0.05, 0.1) is 11.4 Å². The number of anilines is 1. The summed E-state index contributed by atoms with van der Waals surface area (Å²) in [6.45, 7) is 3.50. The Bertz CT molecular complexity index is 1050. The number of tetrazole rings is 1. The monoisotopic (exact) mass is 365 g/mol. The fourth-order valence-corrected chi connectivity index (χ4v) is 3.39. The Hall–Kier alpha value is -2.88. The Morgan fingerprint density at radius 2 is 1.84 bits per heavy atom. The minimum Gasteiger partial charge on any atom is -0.279 e. The maximum atomic E-state index is 13.8. The second kappa shape index (κ2) is 6.20. The lowest BCUT2D eigenvalue weighted by atomic mass is 10.2. The zero-order valence-corrected chi connectivity index (χ0v) is 14.1. The third-order valence-corrected chi connectivity index (χ3v) is 4.89. The van der Waals surface area contributed by atoms with Gasteiger partial charge in [0.2, 0.25) is 0 Å². The molecular formula is C15H13F2N5O2S. The number of rotatable bonds is 4. The van der Waals surface area contributed by atoms with Crippen molar-refractivity contribution >= 4 is 15.7 Å². The topological polar surface area (TPSA) is 89.8 Å². The summed E-state index contributed by atoms with van der Waals surface area (Å²) < 4.78 is 55.4. The quantitative estimate of drug-likeness (QED) is 0.767. The molecule has 0 aliphatic rings. The molecule has 7 nitrogen and oxygen atoms in total. The van der Waals surface area contributed by atoms with Gasteiger partial charge in [0, 0.05) is 0 Å². The molecule has 0 aliphatic carbocycles. The van der Waals surface area contributed by atoms with Gasteiger partial charge in [-0.2, -0.15) is 4.68 Å². The number of halogens is 2. The molecule has 3 aromatic rings. The average molecular weight is 365 g/mol. The first-order valence-corrected chi connectivity index (χ1v) is 8.60. The van der Waals surface area contributed by atoms with Crippen LogP contribution in [0, 0.1) is 25.5 Å². The Labute approximate surface area is 142 Å². The zero-order chi connectivity index (χ0) is 18.2. The van der Waals surface area contributed by atoms with E-state index in [1.807, 2.05) is 0 Å². The molecule has 25 heavy (non-hydrogen) atoms. The van der Waals surface area contributed by atoms with Crippen LogP contribution in [-0.2, 0) is 10.0 Å². The minimum absolute atomic E-state index is 0.166. The van der Waals surface area contributed by atoms with Crippen molar-refractivity contribution in [1.82, 2.24) is 20.2 Å². The molecule has 0 fully saturated rings. The number of aryl methyl sites for hydroxylation is 2. The van der Waals surface area contributed by atoms with Crippen LogP contribution in [0.25, 0.3) is 5.69 Å². The average Bonchev–Trinajstić information content (AvgIpc) is 2.97. The molecule has 3 rings (SSSR count). The van der Waals surface area contributed by atoms with Gasteiger partial charge in [-0.05, 0) is 60.2 Å². The zero-order valence-electron chi connectivity index (χ0n) is 13.2. The Kier molecular flexibility index (Phi) is 4.21. The van der Waals surface area contributed by atoms with Crippen molar-refractivity contribution in [2.24, 2.45) is 0 Å². The Balaban J connectivity index is 2.01. The molecule has 0 unspecified atom stereocenters. The van der Waals surface area contributed by atoms with Crippen LogP contribution in [0.3, 0.4) is 0 Å². The van der Waals surface area contributed by atoms with Gasteiger partial charge in [-0.1, -0.05) is 6.07 Å². The lowest BCUT2D eigenvalue weighted by Gasteiger charge is -2.12. The number of benzene rings is 2. The molecule has 0 amide bonds. The summed E-state index contributed by atoms with van der Waals surface area (Å²) in [7, 11) is -4.30. The number of aromatic nitrogens is 4. The number of hydrogen-bond acceptors (Lipinski definition) is 5. The summed E-state index contributed by atoms with van der Waals surface area (Å²) in [4.78, 5) is -0.770. The molecule has 0 saturated carbocycles. The van der Waals surface area contributed by atoms with Crippen LogP contribution in [0.1, 0.15) is 11.4 Å². The first kappa shape index (κ1) is 17.0. The summed E-state index contributed by atoms with van der Waals surface area (Å²) in [5, 5.41) is 11.2. The normalized spacial score (nSPS) is 11.5. The summed E-state index contributed by atoms with van der Waals surface area (Å²) in [6.07, 6.45) is 0. The van der Waals surface area contributed by atoms with E-state index in [9.17, 15) is 17.2 Å². The lowest BCUT2D eigenvalue weighted by molar-refractivity contribution is 0.555. The summed E-state index contributed by atoms with van der Waals surface area (Å²) in [5.74, 6) is -1.38. The van der Waals surface area contributed by atoms with E-state index < -0.39 is 26.6 Å². The van der Waals surface area contributed by atoms with E-state index in [2.05, 4.69) is 20.2 Å². The predicted molar refractivity (Wildman–Crippen MR) is 85.8 cm³/mol. The predicted octanol–water partition coefficient (Wildman–Crippen LogP) is 2.36. The maximum absolute atomic E-state index is 13.8. The van der Waals surface area contributed by atoms with Crippen molar-refractivity contribution in [3.05, 3.63) is 59.4 Å². The lowest BCUT2D eigenvalue weighted by Crippen LogP contribution is -2.15. The van der Waals surface area contributed by atoms with Gasteiger partial charge in [-0.15, -0.1) is 5.10 Å². The van der Waals surface area contributed by atoms with Crippen LogP contribution < -0.4 is 4.72 Å². The molecule has 0 atom stereocenters. The van der Waals surface area contributed by atoms with Gasteiger partial charge in [0.25, 0.3) is 10.0 Å². The molecule has 2 aromatic carbocycles. The summed E-state index contributed by atoms with van der Waals surface area (Å²) >= 11 is 0. The SMILES string of the molecule is Cc1ccc(NS(=O)(=O)c2cc(F)ccc2F)cc1-n1nnnc1C. The highest BCUT2D eigenvalue weighted by molar-refractivity contribution is 7.92. The van der Waals surface area contributed by atoms with Gasteiger partial charge in [-0.3, -0.25) is 4.72 Å². The van der Waals surface area contributed by atoms with E-state index in [1.54, 1.807) is 19.9 Å². The second-order valence-electron chi connectivity index (χ2n) is 5.32. The van der Waals surface area contributed by atoms with Crippen molar-refractivity contribution in [2.75, 3.05) is 4.72 Å². The van der Waals surface area contributed by atoms with E-state index in [-0.39, 0.29) is 5.69 Å². The van der Waals surface area contributed by atoms with E-state index in [0.717, 1.165) is 17.7 Å². The van der Waals surface area contributed by atoms with Crippen LogP contribution in [-0.4, -0.2) is 28.6 Å². The number of nitrogens with zero attached hydrogens (tertiary/aromatic N) is 4. The molecule has 0 saturated heterocycles. The first-order valence-electron chi connectivity index (χ1n) is 7.12. The molecule has 0 radical (unpaired) electrons. The molecule has 0 bridgehead atoms. The number of nitrogens with one attached hydrogen (secondary N) is 1. The van der Waals surface area contributed by atoms with Gasteiger partial charge in [0.1, 0.15) is 16.5 Å². The fourth-order valence-electron chi connectivity index (χ4n) is 2.25. The van der Waals surface area contributed by atoms with Gasteiger partial charge in [-0.25, -0.2) is 17.2 Å². The third kappa shape index (κ3) is 3.33. The fraction of sp³-hybridized carbons (Fsp3) is 0.133. The first-order chi connectivity index (χ1) is 11.8. The van der Waals surface area contributed by atoms with Crippen LogP contribution in [0.4, 0.5) is 14.5 Å². The van der Waals surface area contributed by atoms with Crippen LogP contribution in [0.5, 0.6) is 0 Å². The highest BCUT2D eigenvalue weighted by atomic mass is 32.2. The molecular weight excluding hydrogens is 352 g/mol. The van der Waals surface area contributed by atoms with E-state index in [4.69, 9.17) is 0 Å². The van der Waals surface area contributed by atoms with Crippen molar-refractivity contribution in [3.63, 3.8) is 0 Å². The molecule has 1 aromatic heterocycles. The van der Waals surface area contributed by atoms with Gasteiger partial charge < -0.3 is 0 Å². The standard InChI is InChI=1S/C15H13F2N5O2S/c1-9-3-5-12(8-14(9)22-10(2)18-20-21-22)19-25(23,24)15-7-11(16)4-6-13(15)17/h3-8,19H,1-2H3. The van der Waals surface area contributed by atoms with Crippen LogP contribution in [0.15, 0.2) is 41.3 Å². The Morgan fingerprint density at radius 3 is 2.52 bits per heavy atom. The second-order valence-corrected chi connectivity index (χ2v) is 6.97. The third-order valence-electron chi connectivity index (χ3n) is 3.50. The molecule has 0 aliphatic heterocycles. The van der Waals surface area contributed by atoms with Gasteiger partial charge in [0.15, 0.2) is 5.82 Å². The van der Waals surface area contributed by atoms with Crippen molar-refractivity contribution in [3.8, 4) is 5.69 Å². The summed E-state index contributed by atoms with van der Waals surface area (Å²) in [6, 6.07) is 6.91. The van der Waals surface area contributed by atoms with E-state index in [0.29, 0.717) is 17.6 Å². The molecule has 10 heteroatoms. The van der Waals surface area contributed by atoms with E-state index in [1.165, 1.54) is 16.8 Å². The highest BCUT2D eigenvalue weighted by Crippen LogP contribution is 2.23. The van der Waals surface area contributed by atoms with Crippen LogP contribution in [0.2, 0.25) is 0 Å². The number of sulfonamides is 1. The smallest absolute Gasteiger partial charge is 0.264 e. The Morgan fingerprint density at radius 1 is 1.08 bits per heavy atom. The molecule has 0 spiro atoms. The van der Waals surface area contributed by atoms with E-state index >= 15 is 0 Å². The van der Waals surface area contributed by atoms with Crippen molar-refractivity contribution in [1.29, 1.82) is 0 Å². The minimum atomic E-state index is -4.30. The largest absolute Gasteiger partial charge is 0.279 e. The molecule has 1 N–H and O–H groups in total.